The molecule has 1 atom stereocenters. The van der Waals surface area contributed by atoms with E-state index in [1.807, 2.05) is 6.92 Å². The van der Waals surface area contributed by atoms with Gasteiger partial charge in [0.2, 0.25) is 0 Å². The maximum absolute atomic E-state index is 9.65. The van der Waals surface area contributed by atoms with E-state index in [-0.39, 0.29) is 6.54 Å². The third-order valence-electron chi connectivity index (χ3n) is 1.55. The fourth-order valence-electron chi connectivity index (χ4n) is 0.711. The average Bonchev–Trinajstić information content (AvgIpc) is 2.36. The molecule has 3 nitrogen and oxygen atoms in total. The zero-order valence-electron chi connectivity index (χ0n) is 6.66. The highest BCUT2D eigenvalue weighted by Crippen LogP contribution is 2.24. The molecule has 1 unspecified atom stereocenters. The summed E-state index contributed by atoms with van der Waals surface area (Å²) >= 11 is 1.48. The van der Waals surface area contributed by atoms with Gasteiger partial charge in [-0.05, 0) is 13.8 Å². The van der Waals surface area contributed by atoms with Crippen LogP contribution in [0.5, 0.6) is 0 Å². The Labute approximate surface area is 69.9 Å². The van der Waals surface area contributed by atoms with E-state index in [1.54, 1.807) is 13.1 Å². The van der Waals surface area contributed by atoms with Crippen LogP contribution in [0.15, 0.2) is 6.20 Å². The van der Waals surface area contributed by atoms with Crippen molar-refractivity contribution in [2.45, 2.75) is 19.4 Å². The minimum Gasteiger partial charge on any atom is -0.383 e. The lowest BCUT2D eigenvalue weighted by molar-refractivity contribution is 0.0705. The van der Waals surface area contributed by atoms with Gasteiger partial charge in [-0.1, -0.05) is 0 Å². The molecule has 1 aromatic rings. The maximum atomic E-state index is 9.65. The summed E-state index contributed by atoms with van der Waals surface area (Å²) in [6.07, 6.45) is 1.67. The van der Waals surface area contributed by atoms with Crippen molar-refractivity contribution < 1.29 is 5.11 Å². The lowest BCUT2D eigenvalue weighted by Gasteiger charge is -2.17. The minimum absolute atomic E-state index is 0.231. The molecule has 3 N–H and O–H groups in total. The van der Waals surface area contributed by atoms with Gasteiger partial charge < -0.3 is 10.8 Å². The lowest BCUT2D eigenvalue weighted by Crippen LogP contribution is -2.30. The summed E-state index contributed by atoms with van der Waals surface area (Å²) in [5, 5.41) is 10.6. The molecule has 1 heterocycles. The van der Waals surface area contributed by atoms with E-state index >= 15 is 0 Å². The second-order valence-corrected chi connectivity index (χ2v) is 3.96. The number of thiazole rings is 1. The quantitative estimate of drug-likeness (QED) is 0.687. The van der Waals surface area contributed by atoms with Crippen LogP contribution in [0.25, 0.3) is 0 Å². The highest BCUT2D eigenvalue weighted by Gasteiger charge is 2.22. The Kier molecular flexibility index (Phi) is 2.27. The number of hydrogen-bond donors (Lipinski definition) is 2. The number of nitrogens with zero attached hydrogens (tertiary/aromatic N) is 1. The summed E-state index contributed by atoms with van der Waals surface area (Å²) in [6.45, 7) is 3.83. The van der Waals surface area contributed by atoms with Gasteiger partial charge >= 0.3 is 0 Å². The van der Waals surface area contributed by atoms with Gasteiger partial charge in [0.1, 0.15) is 5.60 Å². The predicted molar refractivity (Wildman–Crippen MR) is 45.5 cm³/mol. The molecule has 0 aliphatic carbocycles. The van der Waals surface area contributed by atoms with Gasteiger partial charge in [0.15, 0.2) is 0 Å². The molecule has 0 amide bonds. The molecule has 0 aromatic carbocycles. The number of nitrogens with two attached hydrogens (primary N) is 1. The molecule has 0 aliphatic rings. The van der Waals surface area contributed by atoms with Crippen molar-refractivity contribution in [3.05, 3.63) is 16.1 Å². The molecule has 0 radical (unpaired) electrons. The van der Waals surface area contributed by atoms with E-state index in [0.717, 1.165) is 9.88 Å². The number of aliphatic hydroxyl groups is 1. The molecule has 4 heteroatoms. The van der Waals surface area contributed by atoms with E-state index < -0.39 is 5.60 Å². The van der Waals surface area contributed by atoms with Gasteiger partial charge in [-0.3, -0.25) is 0 Å². The molecule has 1 rings (SSSR count). The summed E-state index contributed by atoms with van der Waals surface area (Å²) in [7, 11) is 0. The third kappa shape index (κ3) is 1.77. The Hall–Kier alpha value is -0.450. The molecular weight excluding hydrogens is 160 g/mol. The molecule has 62 valence electrons. The van der Waals surface area contributed by atoms with Crippen LogP contribution in [0, 0.1) is 6.92 Å². The summed E-state index contributed by atoms with van der Waals surface area (Å²) in [6, 6.07) is 0. The van der Waals surface area contributed by atoms with Crippen LogP contribution in [0.1, 0.15) is 16.8 Å². The summed E-state index contributed by atoms with van der Waals surface area (Å²) in [5.74, 6) is 0. The first-order valence-electron chi connectivity index (χ1n) is 3.41. The predicted octanol–water partition coefficient (Wildman–Crippen LogP) is 0.618. The minimum atomic E-state index is -0.911. The van der Waals surface area contributed by atoms with Crippen molar-refractivity contribution in [2.24, 2.45) is 5.73 Å². The fraction of sp³-hybridized carbons (Fsp3) is 0.571. The molecule has 0 fully saturated rings. The number of hydrogen-bond acceptors (Lipinski definition) is 4. The van der Waals surface area contributed by atoms with Crippen LogP contribution >= 0.6 is 11.3 Å². The third-order valence-corrected chi connectivity index (χ3v) is 2.72. The van der Waals surface area contributed by atoms with Crippen LogP contribution in [-0.2, 0) is 5.60 Å². The second kappa shape index (κ2) is 2.89. The molecule has 0 spiro atoms. The van der Waals surface area contributed by atoms with E-state index in [9.17, 15) is 5.11 Å². The monoisotopic (exact) mass is 172 g/mol. The van der Waals surface area contributed by atoms with Crippen LogP contribution in [-0.4, -0.2) is 16.6 Å². The fourth-order valence-corrected chi connectivity index (χ4v) is 1.54. The highest BCUT2D eigenvalue weighted by molar-refractivity contribution is 7.11. The summed E-state index contributed by atoms with van der Waals surface area (Å²) in [4.78, 5) is 4.86. The zero-order chi connectivity index (χ0) is 8.48. The van der Waals surface area contributed by atoms with E-state index in [1.165, 1.54) is 11.3 Å². The average molecular weight is 172 g/mol. The van der Waals surface area contributed by atoms with E-state index in [0.29, 0.717) is 0 Å². The van der Waals surface area contributed by atoms with Crippen molar-refractivity contribution >= 4 is 11.3 Å². The number of aromatic nitrogens is 1. The summed E-state index contributed by atoms with van der Waals surface area (Å²) < 4.78 is 0. The number of rotatable bonds is 2. The second-order valence-electron chi connectivity index (χ2n) is 2.72. The lowest BCUT2D eigenvalue weighted by atomic mass is 10.1. The molecule has 0 saturated heterocycles. The van der Waals surface area contributed by atoms with Crippen molar-refractivity contribution in [1.29, 1.82) is 0 Å². The smallest absolute Gasteiger partial charge is 0.110 e. The molecule has 0 aliphatic heterocycles. The first-order chi connectivity index (χ1) is 5.06. The van der Waals surface area contributed by atoms with Crippen molar-refractivity contribution in [3.63, 3.8) is 0 Å². The first kappa shape index (κ1) is 8.64. The number of aryl methyl sites for hydroxylation is 1. The summed E-state index contributed by atoms with van der Waals surface area (Å²) in [5.41, 5.74) is 4.47. The van der Waals surface area contributed by atoms with Crippen LogP contribution in [0.2, 0.25) is 0 Å². The first-order valence-corrected chi connectivity index (χ1v) is 4.23. The van der Waals surface area contributed by atoms with Crippen molar-refractivity contribution in [2.75, 3.05) is 6.54 Å². The Morgan fingerprint density at radius 1 is 1.82 bits per heavy atom. The molecule has 0 saturated carbocycles. The van der Waals surface area contributed by atoms with Crippen LogP contribution < -0.4 is 5.73 Å². The highest BCUT2D eigenvalue weighted by atomic mass is 32.1. The Balaban J connectivity index is 2.92. The van der Waals surface area contributed by atoms with Gasteiger partial charge in [-0.25, -0.2) is 4.98 Å². The van der Waals surface area contributed by atoms with Gasteiger partial charge in [-0.15, -0.1) is 11.3 Å². The van der Waals surface area contributed by atoms with Gasteiger partial charge in [0, 0.05) is 12.7 Å². The molecule has 1 aromatic heterocycles. The van der Waals surface area contributed by atoms with Crippen LogP contribution in [0.3, 0.4) is 0 Å². The van der Waals surface area contributed by atoms with Gasteiger partial charge in [0.25, 0.3) is 0 Å². The molecule has 0 bridgehead atoms. The normalized spacial score (nSPS) is 16.4. The Morgan fingerprint density at radius 3 is 2.82 bits per heavy atom. The van der Waals surface area contributed by atoms with Crippen molar-refractivity contribution in [3.8, 4) is 0 Å². The Bertz CT molecular complexity index is 244. The largest absolute Gasteiger partial charge is 0.383 e. The zero-order valence-corrected chi connectivity index (χ0v) is 7.48. The molecule has 11 heavy (non-hydrogen) atoms. The van der Waals surface area contributed by atoms with Crippen molar-refractivity contribution in [1.82, 2.24) is 4.98 Å². The molecular formula is C7H12N2OS. The van der Waals surface area contributed by atoms with E-state index in [2.05, 4.69) is 4.98 Å². The maximum Gasteiger partial charge on any atom is 0.110 e. The van der Waals surface area contributed by atoms with E-state index in [4.69, 9.17) is 5.73 Å². The standard InChI is InChI=1S/C7H12N2OS/c1-5-9-3-6(11-5)7(2,10)4-8/h3,10H,4,8H2,1-2H3. The van der Waals surface area contributed by atoms with Gasteiger partial charge in [0.05, 0.1) is 9.88 Å². The Morgan fingerprint density at radius 2 is 2.45 bits per heavy atom. The van der Waals surface area contributed by atoms with Crippen LogP contribution in [0.4, 0.5) is 0 Å². The topological polar surface area (TPSA) is 59.1 Å². The van der Waals surface area contributed by atoms with Gasteiger partial charge in [-0.2, -0.15) is 0 Å². The SMILES string of the molecule is Cc1ncc(C(C)(O)CN)s1.